The van der Waals surface area contributed by atoms with Gasteiger partial charge < -0.3 is 4.74 Å². The molecule has 124 valence electrons. The first-order valence-electron chi connectivity index (χ1n) is 8.18. The second-order valence-corrected chi connectivity index (χ2v) is 6.60. The number of hydrogen-bond acceptors (Lipinski definition) is 3. The van der Waals surface area contributed by atoms with Crippen molar-refractivity contribution in [2.45, 2.75) is 25.0 Å². The molecule has 0 spiro atoms. The molecular weight excluding hydrogens is 324 g/mol. The molecule has 0 radical (unpaired) electrons. The number of amides is 1. The van der Waals surface area contributed by atoms with Gasteiger partial charge in [0.05, 0.1) is 13.2 Å². The van der Waals surface area contributed by atoms with Crippen molar-refractivity contribution in [2.24, 2.45) is 0 Å². The molecule has 0 aliphatic carbocycles. The normalized spacial score (nSPS) is 23.6. The number of halogens is 1. The van der Waals surface area contributed by atoms with Crippen LogP contribution in [0.5, 0.6) is 5.75 Å². The molecule has 5 heteroatoms. The van der Waals surface area contributed by atoms with Crippen LogP contribution in [0.2, 0.25) is 5.02 Å². The smallest absolute Gasteiger partial charge is 0.246 e. The average molecular weight is 343 g/mol. The van der Waals surface area contributed by atoms with Gasteiger partial charge >= 0.3 is 0 Å². The highest BCUT2D eigenvalue weighted by Crippen LogP contribution is 2.44. The van der Waals surface area contributed by atoms with Gasteiger partial charge in [0.2, 0.25) is 5.91 Å². The Morgan fingerprint density at radius 1 is 1.12 bits per heavy atom. The van der Waals surface area contributed by atoms with Gasteiger partial charge in [-0.05, 0) is 43.2 Å². The lowest BCUT2D eigenvalue weighted by atomic mass is 10.1. The van der Waals surface area contributed by atoms with Crippen molar-refractivity contribution in [2.75, 3.05) is 18.6 Å². The Morgan fingerprint density at radius 2 is 1.88 bits per heavy atom. The third-order valence-electron chi connectivity index (χ3n) is 4.91. The van der Waals surface area contributed by atoms with Crippen LogP contribution in [0.4, 0.5) is 5.69 Å². The third kappa shape index (κ3) is 2.38. The summed E-state index contributed by atoms with van der Waals surface area (Å²) < 4.78 is 5.23. The van der Waals surface area contributed by atoms with Crippen molar-refractivity contribution in [3.63, 3.8) is 0 Å². The summed E-state index contributed by atoms with van der Waals surface area (Å²) in [7, 11) is 1.64. The minimum absolute atomic E-state index is 0.0478. The summed E-state index contributed by atoms with van der Waals surface area (Å²) >= 11 is 6.46. The molecule has 2 atom stereocenters. The van der Waals surface area contributed by atoms with Crippen molar-refractivity contribution in [3.05, 3.63) is 59.1 Å². The number of carbonyl (C=O) groups is 1. The molecule has 2 fully saturated rings. The van der Waals surface area contributed by atoms with E-state index in [9.17, 15) is 4.79 Å². The topological polar surface area (TPSA) is 32.8 Å². The molecule has 2 aromatic rings. The lowest BCUT2D eigenvalue weighted by molar-refractivity contribution is -0.119. The predicted octanol–water partition coefficient (Wildman–Crippen LogP) is 3.86. The largest absolute Gasteiger partial charge is 0.497 e. The number of carbonyl (C=O) groups excluding carboxylic acids is 1. The van der Waals surface area contributed by atoms with E-state index in [1.807, 2.05) is 53.4 Å². The van der Waals surface area contributed by atoms with Crippen LogP contribution in [0.25, 0.3) is 0 Å². The Kier molecular flexibility index (Phi) is 3.94. The van der Waals surface area contributed by atoms with Gasteiger partial charge in [-0.25, -0.2) is 0 Å². The van der Waals surface area contributed by atoms with Crippen molar-refractivity contribution in [3.8, 4) is 5.75 Å². The molecule has 24 heavy (non-hydrogen) atoms. The van der Waals surface area contributed by atoms with E-state index in [0.717, 1.165) is 36.4 Å². The van der Waals surface area contributed by atoms with Crippen LogP contribution >= 0.6 is 11.6 Å². The van der Waals surface area contributed by atoms with E-state index in [-0.39, 0.29) is 18.1 Å². The summed E-state index contributed by atoms with van der Waals surface area (Å²) in [6.45, 7) is 0.916. The van der Waals surface area contributed by atoms with Gasteiger partial charge in [-0.15, -0.1) is 0 Å². The van der Waals surface area contributed by atoms with Crippen LogP contribution in [0.3, 0.4) is 0 Å². The third-order valence-corrected chi connectivity index (χ3v) is 5.25. The molecular formula is C19H19ClN2O2. The number of methoxy groups -OCH3 is 1. The quantitative estimate of drug-likeness (QED) is 0.849. The van der Waals surface area contributed by atoms with Gasteiger partial charge in [0.1, 0.15) is 11.9 Å². The molecule has 2 saturated heterocycles. The Morgan fingerprint density at radius 3 is 2.58 bits per heavy atom. The van der Waals surface area contributed by atoms with Gasteiger partial charge in [-0.3, -0.25) is 14.6 Å². The van der Waals surface area contributed by atoms with Crippen molar-refractivity contribution in [1.82, 2.24) is 4.90 Å². The van der Waals surface area contributed by atoms with Crippen molar-refractivity contribution >= 4 is 23.2 Å². The van der Waals surface area contributed by atoms with E-state index in [0.29, 0.717) is 5.02 Å². The number of nitrogens with zero attached hydrogens (tertiary/aromatic N) is 2. The number of ether oxygens (including phenoxy) is 1. The summed E-state index contributed by atoms with van der Waals surface area (Å²) in [6.07, 6.45) is 1.81. The van der Waals surface area contributed by atoms with Gasteiger partial charge in [0.25, 0.3) is 0 Å². The first-order chi connectivity index (χ1) is 11.7. The maximum absolute atomic E-state index is 13.0. The van der Waals surface area contributed by atoms with Crippen LogP contribution in [0.1, 0.15) is 24.6 Å². The number of rotatable bonds is 3. The monoisotopic (exact) mass is 342 g/mol. The maximum atomic E-state index is 13.0. The van der Waals surface area contributed by atoms with Gasteiger partial charge in [0.15, 0.2) is 0 Å². The van der Waals surface area contributed by atoms with E-state index in [1.165, 1.54) is 0 Å². The molecule has 0 N–H and O–H groups in total. The Hall–Kier alpha value is -2.04. The lowest BCUT2D eigenvalue weighted by Gasteiger charge is -2.30. The summed E-state index contributed by atoms with van der Waals surface area (Å²) in [4.78, 5) is 17.2. The van der Waals surface area contributed by atoms with E-state index in [2.05, 4.69) is 4.90 Å². The number of hydrogen-bond donors (Lipinski definition) is 0. The van der Waals surface area contributed by atoms with E-state index in [1.54, 1.807) is 7.11 Å². The zero-order valence-corrected chi connectivity index (χ0v) is 14.2. The number of anilines is 1. The fraction of sp³-hybridized carbons (Fsp3) is 0.316. The molecule has 0 saturated carbocycles. The standard InChI is InChI=1S/C19H19ClN2O2/c1-24-14-10-8-13(9-11-14)22-18(15-5-2-3-6-16(15)20)21-12-4-7-17(21)19(22)23/h2-3,5-6,8-11,17-18H,4,7,12H2,1H3/t17-,18+/m0/s1. The zero-order chi connectivity index (χ0) is 16.7. The fourth-order valence-corrected chi connectivity index (χ4v) is 4.02. The number of benzene rings is 2. The highest BCUT2D eigenvalue weighted by molar-refractivity contribution is 6.31. The summed E-state index contributed by atoms with van der Waals surface area (Å²) in [6, 6.07) is 15.4. The van der Waals surface area contributed by atoms with Crippen molar-refractivity contribution in [1.29, 1.82) is 0 Å². The summed E-state index contributed by atoms with van der Waals surface area (Å²) in [5.41, 5.74) is 1.85. The number of fused-ring (bicyclic) bond motifs is 1. The molecule has 4 nitrogen and oxygen atoms in total. The van der Waals surface area contributed by atoms with E-state index < -0.39 is 0 Å². The molecule has 0 aromatic heterocycles. The van der Waals surface area contributed by atoms with Crippen LogP contribution in [0, 0.1) is 0 Å². The van der Waals surface area contributed by atoms with Crippen LogP contribution < -0.4 is 9.64 Å². The molecule has 2 aliphatic rings. The molecule has 0 bridgehead atoms. The second-order valence-electron chi connectivity index (χ2n) is 6.20. The van der Waals surface area contributed by atoms with Gasteiger partial charge in [-0.1, -0.05) is 29.8 Å². The van der Waals surface area contributed by atoms with Crippen LogP contribution in [-0.2, 0) is 4.79 Å². The minimum atomic E-state index is -0.146. The Balaban J connectivity index is 1.80. The first-order valence-corrected chi connectivity index (χ1v) is 8.56. The highest BCUT2D eigenvalue weighted by atomic mass is 35.5. The maximum Gasteiger partial charge on any atom is 0.246 e. The molecule has 2 heterocycles. The highest BCUT2D eigenvalue weighted by Gasteiger charge is 2.49. The molecule has 2 aliphatic heterocycles. The van der Waals surface area contributed by atoms with Gasteiger partial charge in [0, 0.05) is 22.8 Å². The van der Waals surface area contributed by atoms with Crippen LogP contribution in [-0.4, -0.2) is 30.5 Å². The van der Waals surface area contributed by atoms with Crippen molar-refractivity contribution < 1.29 is 9.53 Å². The molecule has 0 unspecified atom stereocenters. The molecule has 1 amide bonds. The van der Waals surface area contributed by atoms with E-state index >= 15 is 0 Å². The SMILES string of the molecule is COc1ccc(N2C(=O)[C@@H]3CCCN3[C@H]2c2ccccc2Cl)cc1. The second kappa shape index (κ2) is 6.11. The Labute approximate surface area is 146 Å². The zero-order valence-electron chi connectivity index (χ0n) is 13.5. The molecule has 4 rings (SSSR count). The Bertz CT molecular complexity index is 762. The van der Waals surface area contributed by atoms with Crippen LogP contribution in [0.15, 0.2) is 48.5 Å². The predicted molar refractivity (Wildman–Crippen MR) is 94.4 cm³/mol. The molecule has 2 aromatic carbocycles. The summed E-state index contributed by atoms with van der Waals surface area (Å²) in [5.74, 6) is 0.933. The summed E-state index contributed by atoms with van der Waals surface area (Å²) in [5, 5.41) is 0.696. The average Bonchev–Trinajstić information content (AvgIpc) is 3.18. The van der Waals surface area contributed by atoms with E-state index in [4.69, 9.17) is 16.3 Å². The lowest BCUT2D eigenvalue weighted by Crippen LogP contribution is -2.32. The first kappa shape index (κ1) is 15.5. The van der Waals surface area contributed by atoms with Gasteiger partial charge in [-0.2, -0.15) is 0 Å². The fourth-order valence-electron chi connectivity index (χ4n) is 3.79. The minimum Gasteiger partial charge on any atom is -0.497 e.